The summed E-state index contributed by atoms with van der Waals surface area (Å²) in [6, 6.07) is 10.7. The summed E-state index contributed by atoms with van der Waals surface area (Å²) in [7, 11) is 1.34. The minimum atomic E-state index is -4.43. The Morgan fingerprint density at radius 1 is 1.26 bits per heavy atom. The van der Waals surface area contributed by atoms with Gasteiger partial charge in [-0.3, -0.25) is 4.79 Å². The number of carbonyl (C=O) groups excluding carboxylic acids is 1. The summed E-state index contributed by atoms with van der Waals surface area (Å²) in [6.07, 6.45) is -4.23. The number of rotatable bonds is 7. The van der Waals surface area contributed by atoms with Gasteiger partial charge in [-0.1, -0.05) is 31.2 Å². The van der Waals surface area contributed by atoms with Gasteiger partial charge in [0.25, 0.3) is 5.91 Å². The van der Waals surface area contributed by atoms with E-state index in [1.165, 1.54) is 13.2 Å². The standard InChI is InChI=1S/C23H21F4N5O2/c1-12(23(25,26)27)11-32-21(29)18(10-28)19(31-32)14-5-3-13(4-6-14)7-15-8-16(24)9-17(22(30)33)20(15)34-2/h3-6,8-9,12H,7,11,29H2,1-2H3,(H2,30,33). The third-order valence-corrected chi connectivity index (χ3v) is 5.33. The average molecular weight is 475 g/mol. The summed E-state index contributed by atoms with van der Waals surface area (Å²) in [6.45, 7) is 0.482. The Kier molecular flexibility index (Phi) is 6.81. The third-order valence-electron chi connectivity index (χ3n) is 5.33. The number of alkyl halides is 3. The van der Waals surface area contributed by atoms with Crippen LogP contribution in [-0.4, -0.2) is 29.0 Å². The zero-order valence-corrected chi connectivity index (χ0v) is 18.3. The lowest BCUT2D eigenvalue weighted by Gasteiger charge is -2.15. The van der Waals surface area contributed by atoms with Crippen molar-refractivity contribution in [1.29, 1.82) is 5.26 Å². The molecule has 11 heteroatoms. The number of anilines is 1. The van der Waals surface area contributed by atoms with Gasteiger partial charge in [0.05, 0.1) is 25.1 Å². The highest BCUT2D eigenvalue weighted by molar-refractivity contribution is 5.96. The molecule has 0 spiro atoms. The van der Waals surface area contributed by atoms with E-state index < -0.39 is 30.4 Å². The number of aromatic nitrogens is 2. The predicted octanol–water partition coefficient (Wildman–Crippen LogP) is 4.04. The first-order valence-electron chi connectivity index (χ1n) is 10.0. The fourth-order valence-electron chi connectivity index (χ4n) is 3.50. The largest absolute Gasteiger partial charge is 0.496 e. The second-order valence-corrected chi connectivity index (χ2v) is 7.73. The number of hydrogen-bond donors (Lipinski definition) is 2. The normalized spacial score (nSPS) is 12.3. The van der Waals surface area contributed by atoms with Crippen LogP contribution in [0.1, 0.15) is 34.0 Å². The molecular formula is C23H21F4N5O2. The summed E-state index contributed by atoms with van der Waals surface area (Å²) >= 11 is 0. The van der Waals surface area contributed by atoms with Gasteiger partial charge in [-0.25, -0.2) is 9.07 Å². The molecule has 0 aliphatic heterocycles. The van der Waals surface area contributed by atoms with Gasteiger partial charge in [0.1, 0.15) is 34.7 Å². The van der Waals surface area contributed by atoms with Crippen LogP contribution in [0.25, 0.3) is 11.3 Å². The van der Waals surface area contributed by atoms with Gasteiger partial charge in [-0.2, -0.15) is 23.5 Å². The molecule has 3 rings (SSSR count). The Hall–Kier alpha value is -4.07. The molecule has 1 amide bonds. The topological polar surface area (TPSA) is 120 Å². The Labute approximate surface area is 192 Å². The lowest BCUT2D eigenvalue weighted by molar-refractivity contribution is -0.173. The number of nitrogens with two attached hydrogens (primary N) is 2. The van der Waals surface area contributed by atoms with Crippen molar-refractivity contribution < 1.29 is 27.1 Å². The lowest BCUT2D eigenvalue weighted by atomic mass is 9.98. The molecule has 0 aliphatic carbocycles. The van der Waals surface area contributed by atoms with Crippen molar-refractivity contribution in [3.8, 4) is 23.1 Å². The highest BCUT2D eigenvalue weighted by Gasteiger charge is 2.37. The second kappa shape index (κ2) is 9.43. The van der Waals surface area contributed by atoms with Crippen LogP contribution in [0.3, 0.4) is 0 Å². The highest BCUT2D eigenvalue weighted by Crippen LogP contribution is 2.32. The van der Waals surface area contributed by atoms with Crippen molar-refractivity contribution >= 4 is 11.7 Å². The van der Waals surface area contributed by atoms with Gasteiger partial charge in [0, 0.05) is 17.5 Å². The van der Waals surface area contributed by atoms with Crippen LogP contribution >= 0.6 is 0 Å². The van der Waals surface area contributed by atoms with Crippen molar-refractivity contribution in [3.05, 3.63) is 64.5 Å². The quantitative estimate of drug-likeness (QED) is 0.500. The van der Waals surface area contributed by atoms with E-state index in [1.54, 1.807) is 24.3 Å². The molecule has 1 atom stereocenters. The number of primary amides is 1. The van der Waals surface area contributed by atoms with E-state index in [0.29, 0.717) is 16.7 Å². The summed E-state index contributed by atoms with van der Waals surface area (Å²) < 4.78 is 59.1. The highest BCUT2D eigenvalue weighted by atomic mass is 19.4. The van der Waals surface area contributed by atoms with E-state index in [9.17, 15) is 27.6 Å². The van der Waals surface area contributed by atoms with Crippen molar-refractivity contribution in [2.45, 2.75) is 26.1 Å². The number of hydrogen-bond acceptors (Lipinski definition) is 5. The molecule has 4 N–H and O–H groups in total. The fraction of sp³-hybridized carbons (Fsp3) is 0.261. The minimum Gasteiger partial charge on any atom is -0.496 e. The second-order valence-electron chi connectivity index (χ2n) is 7.73. The first-order valence-corrected chi connectivity index (χ1v) is 10.0. The molecule has 1 heterocycles. The van der Waals surface area contributed by atoms with Crippen molar-refractivity contribution in [2.24, 2.45) is 11.7 Å². The van der Waals surface area contributed by atoms with Gasteiger partial charge < -0.3 is 16.2 Å². The van der Waals surface area contributed by atoms with Crippen LogP contribution in [0.15, 0.2) is 36.4 Å². The number of methoxy groups -OCH3 is 1. The van der Waals surface area contributed by atoms with Crippen LogP contribution < -0.4 is 16.2 Å². The molecule has 0 saturated carbocycles. The van der Waals surface area contributed by atoms with Gasteiger partial charge >= 0.3 is 6.18 Å². The summed E-state index contributed by atoms with van der Waals surface area (Å²) in [5.74, 6) is -3.17. The first-order chi connectivity index (χ1) is 16.0. The molecule has 0 aliphatic rings. The third kappa shape index (κ3) is 4.96. The van der Waals surface area contributed by atoms with Gasteiger partial charge in [0.15, 0.2) is 0 Å². The number of carbonyl (C=O) groups is 1. The smallest absolute Gasteiger partial charge is 0.393 e. The maximum atomic E-state index is 14.0. The molecule has 1 aromatic heterocycles. The fourth-order valence-corrected chi connectivity index (χ4v) is 3.50. The lowest BCUT2D eigenvalue weighted by Crippen LogP contribution is -2.25. The van der Waals surface area contributed by atoms with Crippen molar-refractivity contribution in [3.63, 3.8) is 0 Å². The maximum absolute atomic E-state index is 14.0. The molecule has 34 heavy (non-hydrogen) atoms. The van der Waals surface area contributed by atoms with E-state index in [1.807, 2.05) is 6.07 Å². The van der Waals surface area contributed by atoms with E-state index in [4.69, 9.17) is 16.2 Å². The Morgan fingerprint density at radius 3 is 2.44 bits per heavy atom. The number of benzene rings is 2. The predicted molar refractivity (Wildman–Crippen MR) is 116 cm³/mol. The number of nitriles is 1. The molecule has 0 fully saturated rings. The number of halogens is 4. The molecule has 0 radical (unpaired) electrons. The van der Waals surface area contributed by atoms with Crippen molar-refractivity contribution in [2.75, 3.05) is 12.8 Å². The Morgan fingerprint density at radius 2 is 1.91 bits per heavy atom. The van der Waals surface area contributed by atoms with Gasteiger partial charge in [-0.15, -0.1) is 0 Å². The Balaban J connectivity index is 1.92. The van der Waals surface area contributed by atoms with Gasteiger partial charge in [0.2, 0.25) is 0 Å². The molecule has 2 aromatic carbocycles. The molecular weight excluding hydrogens is 454 g/mol. The van der Waals surface area contributed by atoms with E-state index in [-0.39, 0.29) is 34.8 Å². The van der Waals surface area contributed by atoms with Crippen LogP contribution in [-0.2, 0) is 13.0 Å². The van der Waals surface area contributed by atoms with Gasteiger partial charge in [-0.05, 0) is 17.7 Å². The van der Waals surface area contributed by atoms with Crippen LogP contribution in [0.5, 0.6) is 5.75 Å². The molecule has 178 valence electrons. The molecule has 3 aromatic rings. The van der Waals surface area contributed by atoms with Crippen LogP contribution in [0.2, 0.25) is 0 Å². The molecule has 1 unspecified atom stereocenters. The van der Waals surface area contributed by atoms with Crippen molar-refractivity contribution in [1.82, 2.24) is 9.78 Å². The molecule has 7 nitrogen and oxygen atoms in total. The Bertz CT molecular complexity index is 1260. The van der Waals surface area contributed by atoms with E-state index in [0.717, 1.165) is 17.7 Å². The SMILES string of the molecule is COc1c(Cc2ccc(-c3nn(CC(C)C(F)(F)F)c(N)c3C#N)cc2)cc(F)cc1C(N)=O. The number of nitrogens with zero attached hydrogens (tertiary/aromatic N) is 3. The summed E-state index contributed by atoms with van der Waals surface area (Å²) in [5.41, 5.74) is 12.8. The maximum Gasteiger partial charge on any atom is 0.393 e. The summed E-state index contributed by atoms with van der Waals surface area (Å²) in [4.78, 5) is 11.6. The van der Waals surface area contributed by atoms with Crippen LogP contribution in [0.4, 0.5) is 23.4 Å². The number of ether oxygens (including phenoxy) is 1. The monoisotopic (exact) mass is 475 g/mol. The summed E-state index contributed by atoms with van der Waals surface area (Å²) in [5, 5.41) is 13.6. The number of nitrogen functional groups attached to an aromatic ring is 1. The van der Waals surface area contributed by atoms with E-state index >= 15 is 0 Å². The van der Waals surface area contributed by atoms with E-state index in [2.05, 4.69) is 5.10 Å². The number of amides is 1. The zero-order valence-electron chi connectivity index (χ0n) is 18.3. The molecule has 0 saturated heterocycles. The zero-order chi connectivity index (χ0) is 25.2. The molecule has 0 bridgehead atoms. The van der Waals surface area contributed by atoms with Crippen LogP contribution in [0, 0.1) is 23.1 Å². The minimum absolute atomic E-state index is 0.0278. The average Bonchev–Trinajstić information content (AvgIpc) is 3.08. The first kappa shape index (κ1) is 24.6.